The Balaban J connectivity index is 1.41. The van der Waals surface area contributed by atoms with E-state index in [2.05, 4.69) is 34.3 Å². The largest absolute Gasteiger partial charge is 0.444 e. The molecule has 0 saturated carbocycles. The molecule has 3 rings (SSSR count). The molecule has 1 aromatic heterocycles. The first-order chi connectivity index (χ1) is 16.3. The van der Waals surface area contributed by atoms with Crippen molar-refractivity contribution in [2.24, 2.45) is 0 Å². The number of nitrogens with one attached hydrogen (secondary N) is 1. The molecule has 6 nitrogen and oxygen atoms in total. The molecule has 1 aliphatic rings. The van der Waals surface area contributed by atoms with Gasteiger partial charge in [-0.2, -0.15) is 0 Å². The molecule has 1 aromatic carbocycles. The molecule has 0 radical (unpaired) electrons. The van der Waals surface area contributed by atoms with Crippen LogP contribution in [0.4, 0.5) is 16.3 Å². The fraction of sp³-hybridized carbons (Fsp3) is 0.538. The maximum Gasteiger partial charge on any atom is 0.410 e. The molecule has 0 aliphatic carbocycles. The molecule has 0 fully saturated rings. The maximum absolute atomic E-state index is 12.4. The van der Waals surface area contributed by atoms with Crippen LogP contribution in [0.15, 0.2) is 46.3 Å². The maximum atomic E-state index is 12.4. The highest BCUT2D eigenvalue weighted by molar-refractivity contribution is 7.99. The fourth-order valence-electron chi connectivity index (χ4n) is 3.84. The molecule has 1 aliphatic heterocycles. The summed E-state index contributed by atoms with van der Waals surface area (Å²) in [5.41, 5.74) is 0.672. The number of pyridine rings is 1. The van der Waals surface area contributed by atoms with E-state index in [-0.39, 0.29) is 6.09 Å². The second kappa shape index (κ2) is 12.7. The molecule has 1 amide bonds. The third-order valence-electron chi connectivity index (χ3n) is 5.38. The van der Waals surface area contributed by atoms with Crippen LogP contribution < -0.4 is 10.2 Å². The van der Waals surface area contributed by atoms with Crippen molar-refractivity contribution in [2.75, 3.05) is 37.6 Å². The Hall–Kier alpha value is -1.96. The fourth-order valence-corrected chi connectivity index (χ4v) is 5.05. The normalized spacial score (nSPS) is 12.8. The Morgan fingerprint density at radius 1 is 1.15 bits per heavy atom. The minimum Gasteiger partial charge on any atom is -0.444 e. The van der Waals surface area contributed by atoms with Gasteiger partial charge in [0.1, 0.15) is 11.4 Å². The van der Waals surface area contributed by atoms with Crippen molar-refractivity contribution in [3.05, 3.63) is 41.6 Å². The van der Waals surface area contributed by atoms with Crippen LogP contribution in [0.5, 0.6) is 0 Å². The summed E-state index contributed by atoms with van der Waals surface area (Å²) < 4.78 is 5.52. The van der Waals surface area contributed by atoms with Crippen LogP contribution in [-0.2, 0) is 4.74 Å². The average molecular weight is 505 g/mol. The zero-order chi connectivity index (χ0) is 24.6. The average Bonchev–Trinajstić information content (AvgIpc) is 2.78. The van der Waals surface area contributed by atoms with Crippen molar-refractivity contribution in [2.45, 2.75) is 68.8 Å². The van der Waals surface area contributed by atoms with Crippen LogP contribution in [0.25, 0.3) is 0 Å². The Bertz CT molecular complexity index is 951. The van der Waals surface area contributed by atoms with Crippen LogP contribution in [0.3, 0.4) is 0 Å². The van der Waals surface area contributed by atoms with E-state index in [1.807, 2.05) is 45.2 Å². The second-order valence-corrected chi connectivity index (χ2v) is 11.0. The van der Waals surface area contributed by atoms with Gasteiger partial charge in [-0.15, -0.1) is 0 Å². The minimum atomic E-state index is -0.467. The number of unbranched alkanes of at least 4 members (excludes halogenated alkanes) is 2. The monoisotopic (exact) mass is 504 g/mol. The molecule has 8 heteroatoms. The smallest absolute Gasteiger partial charge is 0.410 e. The summed E-state index contributed by atoms with van der Waals surface area (Å²) in [5, 5.41) is 4.22. The van der Waals surface area contributed by atoms with Gasteiger partial charge in [-0.1, -0.05) is 36.7 Å². The first-order valence-corrected chi connectivity index (χ1v) is 13.4. The SMILES string of the molecule is CCCN(CCNCCCCCN1c2cc(Cl)ccc2Sc2cccnc21)C(=O)OC(C)(C)C. The highest BCUT2D eigenvalue weighted by Crippen LogP contribution is 2.47. The summed E-state index contributed by atoms with van der Waals surface area (Å²) in [6.07, 6.45) is 5.80. The lowest BCUT2D eigenvalue weighted by molar-refractivity contribution is 0.0252. The molecule has 34 heavy (non-hydrogen) atoms. The van der Waals surface area contributed by atoms with Gasteiger partial charge in [0, 0.05) is 42.3 Å². The quantitative estimate of drug-likeness (QED) is 0.342. The van der Waals surface area contributed by atoms with Crippen molar-refractivity contribution in [3.63, 3.8) is 0 Å². The van der Waals surface area contributed by atoms with Crippen LogP contribution in [0.1, 0.15) is 53.4 Å². The Morgan fingerprint density at radius 3 is 2.74 bits per heavy atom. The van der Waals surface area contributed by atoms with Gasteiger partial charge in [-0.25, -0.2) is 9.78 Å². The first kappa shape index (κ1) is 26.6. The zero-order valence-electron chi connectivity index (χ0n) is 20.8. The van der Waals surface area contributed by atoms with Gasteiger partial charge in [-0.05, 0) is 76.9 Å². The number of amides is 1. The number of ether oxygens (including phenoxy) is 1. The number of carbonyl (C=O) groups excluding carboxylic acids is 1. The first-order valence-electron chi connectivity index (χ1n) is 12.2. The van der Waals surface area contributed by atoms with Gasteiger partial charge in [0.05, 0.1) is 10.6 Å². The van der Waals surface area contributed by atoms with Crippen LogP contribution in [0.2, 0.25) is 5.02 Å². The lowest BCUT2D eigenvalue weighted by atomic mass is 10.2. The van der Waals surface area contributed by atoms with Crippen molar-refractivity contribution < 1.29 is 9.53 Å². The summed E-state index contributed by atoms with van der Waals surface area (Å²) in [6.45, 7) is 11.8. The van der Waals surface area contributed by atoms with Gasteiger partial charge < -0.3 is 19.9 Å². The van der Waals surface area contributed by atoms with Gasteiger partial charge in [-0.3, -0.25) is 0 Å². The van der Waals surface area contributed by atoms with Gasteiger partial charge in [0.15, 0.2) is 0 Å². The van der Waals surface area contributed by atoms with E-state index in [9.17, 15) is 4.79 Å². The number of hydrogen-bond donors (Lipinski definition) is 1. The summed E-state index contributed by atoms with van der Waals surface area (Å²) in [5.74, 6) is 1.01. The molecule has 0 bridgehead atoms. The van der Waals surface area contributed by atoms with Crippen molar-refractivity contribution in [1.29, 1.82) is 0 Å². The van der Waals surface area contributed by atoms with Crippen LogP contribution in [0, 0.1) is 0 Å². The molecular formula is C26H37ClN4O2S. The number of hydrogen-bond acceptors (Lipinski definition) is 6. The number of carbonyl (C=O) groups is 1. The molecule has 0 saturated heterocycles. The summed E-state index contributed by atoms with van der Waals surface area (Å²) >= 11 is 8.05. The second-order valence-electron chi connectivity index (χ2n) is 9.47. The Kier molecular flexibility index (Phi) is 9.92. The number of aromatic nitrogens is 1. The predicted molar refractivity (Wildman–Crippen MR) is 142 cm³/mol. The highest BCUT2D eigenvalue weighted by Gasteiger charge is 2.24. The summed E-state index contributed by atoms with van der Waals surface area (Å²) in [6, 6.07) is 10.2. The van der Waals surface area contributed by atoms with E-state index in [0.717, 1.165) is 61.8 Å². The molecule has 1 N–H and O–H groups in total. The molecule has 2 aromatic rings. The van der Waals surface area contributed by atoms with Crippen molar-refractivity contribution >= 4 is 41.0 Å². The molecule has 2 heterocycles. The summed E-state index contributed by atoms with van der Waals surface area (Å²) in [7, 11) is 0. The number of halogens is 1. The van der Waals surface area contributed by atoms with E-state index in [1.165, 1.54) is 9.79 Å². The van der Waals surface area contributed by atoms with Crippen molar-refractivity contribution in [1.82, 2.24) is 15.2 Å². The third kappa shape index (κ3) is 7.79. The number of benzene rings is 1. The van der Waals surface area contributed by atoms with E-state index >= 15 is 0 Å². The molecule has 186 valence electrons. The van der Waals surface area contributed by atoms with Crippen LogP contribution >= 0.6 is 23.4 Å². The molecule has 0 unspecified atom stereocenters. The minimum absolute atomic E-state index is 0.231. The van der Waals surface area contributed by atoms with E-state index in [1.54, 1.807) is 16.7 Å². The zero-order valence-corrected chi connectivity index (χ0v) is 22.3. The third-order valence-corrected chi connectivity index (χ3v) is 6.72. The topological polar surface area (TPSA) is 57.7 Å². The van der Waals surface area contributed by atoms with Gasteiger partial charge >= 0.3 is 6.09 Å². The van der Waals surface area contributed by atoms with E-state index in [4.69, 9.17) is 16.3 Å². The number of nitrogens with zero attached hydrogens (tertiary/aromatic N) is 3. The lowest BCUT2D eigenvalue weighted by Gasteiger charge is -2.31. The predicted octanol–water partition coefficient (Wildman–Crippen LogP) is 6.74. The lowest BCUT2D eigenvalue weighted by Crippen LogP contribution is -2.41. The highest BCUT2D eigenvalue weighted by atomic mass is 35.5. The van der Waals surface area contributed by atoms with E-state index in [0.29, 0.717) is 13.1 Å². The Labute approximate surface area is 213 Å². The van der Waals surface area contributed by atoms with Crippen LogP contribution in [-0.4, -0.2) is 54.3 Å². The van der Waals surface area contributed by atoms with E-state index < -0.39 is 5.60 Å². The molecular weight excluding hydrogens is 468 g/mol. The van der Waals surface area contributed by atoms with Gasteiger partial charge in [0.25, 0.3) is 0 Å². The van der Waals surface area contributed by atoms with Crippen molar-refractivity contribution in [3.8, 4) is 0 Å². The number of anilines is 2. The number of rotatable bonds is 11. The Morgan fingerprint density at radius 2 is 1.97 bits per heavy atom. The number of fused-ring (bicyclic) bond motifs is 2. The molecule has 0 atom stereocenters. The van der Waals surface area contributed by atoms with Gasteiger partial charge in [0.2, 0.25) is 0 Å². The standard InChI is InChI=1S/C26H37ClN4O2S/c1-5-16-30(25(32)33-26(2,3)4)18-15-28-13-7-6-8-17-31-21-19-20(27)11-12-22(21)34-23-10-9-14-29-24(23)31/h9-12,14,19,28H,5-8,13,15-18H2,1-4H3. The summed E-state index contributed by atoms with van der Waals surface area (Å²) in [4.78, 5) is 23.5. The molecule has 0 spiro atoms.